The Labute approximate surface area is 149 Å². The number of benzene rings is 1. The molecule has 0 aliphatic heterocycles. The number of rotatable bonds is 6. The minimum atomic E-state index is -0.653. The van der Waals surface area contributed by atoms with Gasteiger partial charge in [-0.2, -0.15) is 0 Å². The molecule has 0 saturated carbocycles. The number of esters is 1. The molecule has 5 nitrogen and oxygen atoms in total. The van der Waals surface area contributed by atoms with Crippen LogP contribution in [0.2, 0.25) is 0 Å². The highest BCUT2D eigenvalue weighted by Crippen LogP contribution is 2.30. The summed E-state index contributed by atoms with van der Waals surface area (Å²) < 4.78 is 6.64. The number of fused-ring (bicyclic) bond motifs is 1. The lowest BCUT2D eigenvalue weighted by molar-refractivity contribution is -0.147. The number of carbonyl (C=O) groups excluding carboxylic acids is 1. The van der Waals surface area contributed by atoms with Crippen molar-refractivity contribution in [3.63, 3.8) is 0 Å². The maximum absolute atomic E-state index is 13.1. The van der Waals surface area contributed by atoms with Gasteiger partial charge in [0.25, 0.3) is 5.56 Å². The lowest BCUT2D eigenvalue weighted by Crippen LogP contribution is -2.31. The fourth-order valence-electron chi connectivity index (χ4n) is 2.77. The summed E-state index contributed by atoms with van der Waals surface area (Å²) in [6, 6.07) is 9.08. The Morgan fingerprint density at radius 2 is 2.04 bits per heavy atom. The van der Waals surface area contributed by atoms with Crippen LogP contribution in [0.3, 0.4) is 0 Å². The molecule has 6 heteroatoms. The molecule has 0 N–H and O–H groups in total. The Bertz CT molecular complexity index is 931. The van der Waals surface area contributed by atoms with Crippen molar-refractivity contribution >= 4 is 27.5 Å². The fraction of sp³-hybridized carbons (Fsp3) is 0.316. The van der Waals surface area contributed by atoms with E-state index in [0.29, 0.717) is 23.2 Å². The van der Waals surface area contributed by atoms with Gasteiger partial charge in [-0.3, -0.25) is 9.36 Å². The molecule has 3 rings (SSSR count). The first-order chi connectivity index (χ1) is 12.2. The molecule has 0 aliphatic rings. The van der Waals surface area contributed by atoms with Gasteiger partial charge in [-0.05, 0) is 18.4 Å². The highest BCUT2D eigenvalue weighted by molar-refractivity contribution is 7.17. The molecule has 0 bridgehead atoms. The van der Waals surface area contributed by atoms with Crippen molar-refractivity contribution in [2.45, 2.75) is 32.7 Å². The van der Waals surface area contributed by atoms with Crippen LogP contribution in [-0.2, 0) is 9.53 Å². The van der Waals surface area contributed by atoms with E-state index >= 15 is 0 Å². The zero-order chi connectivity index (χ0) is 17.8. The van der Waals surface area contributed by atoms with Gasteiger partial charge in [0.2, 0.25) is 0 Å². The highest BCUT2D eigenvalue weighted by atomic mass is 32.1. The van der Waals surface area contributed by atoms with Gasteiger partial charge in [-0.25, -0.2) is 9.78 Å². The number of carbonyl (C=O) groups is 1. The van der Waals surface area contributed by atoms with Crippen LogP contribution in [0.5, 0.6) is 0 Å². The van der Waals surface area contributed by atoms with E-state index in [4.69, 9.17) is 4.74 Å². The first kappa shape index (κ1) is 17.4. The minimum Gasteiger partial charge on any atom is -0.464 e. The summed E-state index contributed by atoms with van der Waals surface area (Å²) in [6.07, 6.45) is 2.68. The summed E-state index contributed by atoms with van der Waals surface area (Å²) in [5.74, 6) is -0.385. The third kappa shape index (κ3) is 3.35. The van der Waals surface area contributed by atoms with E-state index in [1.165, 1.54) is 22.2 Å². The van der Waals surface area contributed by atoms with Crippen LogP contribution in [0.25, 0.3) is 21.3 Å². The quantitative estimate of drug-likeness (QED) is 0.626. The van der Waals surface area contributed by atoms with Gasteiger partial charge in [-0.15, -0.1) is 11.3 Å². The predicted molar refractivity (Wildman–Crippen MR) is 99.9 cm³/mol. The maximum Gasteiger partial charge on any atom is 0.329 e. The van der Waals surface area contributed by atoms with Gasteiger partial charge >= 0.3 is 5.97 Å². The predicted octanol–water partition coefficient (Wildman–Crippen LogP) is 4.03. The van der Waals surface area contributed by atoms with Crippen LogP contribution in [0.1, 0.15) is 32.7 Å². The molecule has 0 fully saturated rings. The number of nitrogens with zero attached hydrogens (tertiary/aromatic N) is 2. The number of thiophene rings is 1. The standard InChI is InChI=1S/C19H20N2O3S/c1-3-10-24-19(23)15(4-2)21-12-20-17-16(18(21)22)14(11-25-17)13-8-6-5-7-9-13/h5-9,11-12,15H,3-4,10H2,1-2H3. The van der Waals surface area contributed by atoms with E-state index in [9.17, 15) is 9.59 Å². The van der Waals surface area contributed by atoms with Crippen LogP contribution in [0.4, 0.5) is 0 Å². The monoisotopic (exact) mass is 356 g/mol. The van der Waals surface area contributed by atoms with E-state index in [0.717, 1.165) is 17.5 Å². The van der Waals surface area contributed by atoms with Gasteiger partial charge in [-0.1, -0.05) is 44.2 Å². The number of hydrogen-bond acceptors (Lipinski definition) is 5. The Kier molecular flexibility index (Phi) is 5.28. The van der Waals surface area contributed by atoms with Gasteiger partial charge in [0.15, 0.2) is 0 Å². The Morgan fingerprint density at radius 1 is 1.28 bits per heavy atom. The molecule has 0 spiro atoms. The summed E-state index contributed by atoms with van der Waals surface area (Å²) in [5.41, 5.74) is 1.61. The van der Waals surface area contributed by atoms with E-state index in [1.54, 1.807) is 0 Å². The van der Waals surface area contributed by atoms with Crippen LogP contribution < -0.4 is 5.56 Å². The van der Waals surface area contributed by atoms with Crippen molar-refractivity contribution < 1.29 is 9.53 Å². The molecule has 0 radical (unpaired) electrons. The molecule has 0 aliphatic carbocycles. The van der Waals surface area contributed by atoms with Crippen LogP contribution in [0, 0.1) is 0 Å². The minimum absolute atomic E-state index is 0.203. The molecule has 0 saturated heterocycles. The average Bonchev–Trinajstić information content (AvgIpc) is 3.08. The normalized spacial score (nSPS) is 12.2. The van der Waals surface area contributed by atoms with Crippen molar-refractivity contribution in [3.05, 3.63) is 52.4 Å². The molecule has 3 aromatic rings. The Hall–Kier alpha value is -2.47. The third-order valence-electron chi connectivity index (χ3n) is 4.05. The molecule has 1 aromatic carbocycles. The summed E-state index contributed by atoms with van der Waals surface area (Å²) in [4.78, 5) is 30.5. The van der Waals surface area contributed by atoms with Gasteiger partial charge in [0.1, 0.15) is 10.9 Å². The van der Waals surface area contributed by atoms with Crippen molar-refractivity contribution in [2.75, 3.05) is 6.61 Å². The molecular weight excluding hydrogens is 336 g/mol. The molecule has 2 heterocycles. The number of ether oxygens (including phenoxy) is 1. The van der Waals surface area contributed by atoms with Crippen molar-refractivity contribution in [1.82, 2.24) is 9.55 Å². The first-order valence-corrected chi connectivity index (χ1v) is 9.25. The maximum atomic E-state index is 13.1. The average molecular weight is 356 g/mol. The second kappa shape index (κ2) is 7.61. The van der Waals surface area contributed by atoms with Gasteiger partial charge in [0, 0.05) is 10.9 Å². The van der Waals surface area contributed by atoms with Crippen LogP contribution >= 0.6 is 11.3 Å². The smallest absolute Gasteiger partial charge is 0.329 e. The highest BCUT2D eigenvalue weighted by Gasteiger charge is 2.23. The summed E-state index contributed by atoms with van der Waals surface area (Å²) in [5, 5.41) is 2.50. The summed E-state index contributed by atoms with van der Waals surface area (Å²) in [7, 11) is 0. The van der Waals surface area contributed by atoms with Crippen molar-refractivity contribution in [3.8, 4) is 11.1 Å². The molecule has 25 heavy (non-hydrogen) atoms. The molecule has 2 aromatic heterocycles. The second-order valence-electron chi connectivity index (χ2n) is 5.74. The van der Waals surface area contributed by atoms with Gasteiger partial charge in [0.05, 0.1) is 18.3 Å². The molecule has 0 amide bonds. The van der Waals surface area contributed by atoms with Crippen molar-refractivity contribution in [2.24, 2.45) is 0 Å². The fourth-order valence-corrected chi connectivity index (χ4v) is 3.68. The van der Waals surface area contributed by atoms with E-state index in [-0.39, 0.29) is 11.5 Å². The molecule has 1 unspecified atom stereocenters. The van der Waals surface area contributed by atoms with E-state index < -0.39 is 6.04 Å². The Balaban J connectivity index is 2.10. The third-order valence-corrected chi connectivity index (χ3v) is 4.93. The lowest BCUT2D eigenvalue weighted by Gasteiger charge is -2.16. The van der Waals surface area contributed by atoms with E-state index in [2.05, 4.69) is 4.98 Å². The topological polar surface area (TPSA) is 61.2 Å². The Morgan fingerprint density at radius 3 is 2.72 bits per heavy atom. The number of aromatic nitrogens is 2. The van der Waals surface area contributed by atoms with Crippen molar-refractivity contribution in [1.29, 1.82) is 0 Å². The summed E-state index contributed by atoms with van der Waals surface area (Å²) in [6.45, 7) is 4.15. The van der Waals surface area contributed by atoms with Crippen LogP contribution in [0.15, 0.2) is 46.8 Å². The van der Waals surface area contributed by atoms with E-state index in [1.807, 2.05) is 49.6 Å². The van der Waals surface area contributed by atoms with Crippen LogP contribution in [-0.4, -0.2) is 22.1 Å². The number of hydrogen-bond donors (Lipinski definition) is 0. The zero-order valence-electron chi connectivity index (χ0n) is 14.3. The lowest BCUT2D eigenvalue weighted by atomic mass is 10.1. The zero-order valence-corrected chi connectivity index (χ0v) is 15.1. The summed E-state index contributed by atoms with van der Waals surface area (Å²) >= 11 is 1.43. The van der Waals surface area contributed by atoms with Gasteiger partial charge < -0.3 is 4.74 Å². The molecule has 1 atom stereocenters. The molecular formula is C19H20N2O3S. The first-order valence-electron chi connectivity index (χ1n) is 8.37. The SMILES string of the molecule is CCCOC(=O)C(CC)n1cnc2scc(-c3ccccc3)c2c1=O. The molecule has 130 valence electrons. The largest absolute Gasteiger partial charge is 0.464 e. The second-order valence-corrected chi connectivity index (χ2v) is 6.60.